The van der Waals surface area contributed by atoms with Gasteiger partial charge in [-0.15, -0.1) is 0 Å². The van der Waals surface area contributed by atoms with Crippen molar-refractivity contribution in [1.29, 1.82) is 0 Å². The van der Waals surface area contributed by atoms with E-state index in [-0.39, 0.29) is 11.9 Å². The number of ether oxygens (including phenoxy) is 1. The second kappa shape index (κ2) is 13.9. The number of amides is 1. The van der Waals surface area contributed by atoms with Crippen molar-refractivity contribution in [3.05, 3.63) is 65.7 Å². The number of nitrogens with one attached hydrogen (secondary N) is 2. The summed E-state index contributed by atoms with van der Waals surface area (Å²) in [6.07, 6.45) is 3.88. The molecule has 0 saturated heterocycles. The predicted octanol–water partition coefficient (Wildman–Crippen LogP) is 5.54. The fourth-order valence-corrected chi connectivity index (χ4v) is 3.51. The molecule has 2 aromatic carbocycles. The largest absolute Gasteiger partial charge is 0.493 e. The molecule has 0 bridgehead atoms. The van der Waals surface area contributed by atoms with Crippen LogP contribution in [0.2, 0.25) is 0 Å². The third-order valence-corrected chi connectivity index (χ3v) is 5.68. The molecule has 31 heavy (non-hydrogen) atoms. The summed E-state index contributed by atoms with van der Waals surface area (Å²) in [7, 11) is 0. The molecule has 4 nitrogen and oxygen atoms in total. The summed E-state index contributed by atoms with van der Waals surface area (Å²) in [5, 5.41) is 6.74. The lowest BCUT2D eigenvalue weighted by atomic mass is 10.0. The van der Waals surface area contributed by atoms with E-state index >= 15 is 0 Å². The summed E-state index contributed by atoms with van der Waals surface area (Å²) < 4.78 is 5.94. The first kappa shape index (κ1) is 24.9. The zero-order valence-electron chi connectivity index (χ0n) is 19.7. The lowest BCUT2D eigenvalue weighted by Crippen LogP contribution is -2.37. The Morgan fingerprint density at radius 3 is 2.29 bits per heavy atom. The van der Waals surface area contributed by atoms with Crippen LogP contribution in [0.5, 0.6) is 5.75 Å². The third kappa shape index (κ3) is 9.56. The lowest BCUT2D eigenvalue weighted by Gasteiger charge is -2.22. The summed E-state index contributed by atoms with van der Waals surface area (Å²) in [4.78, 5) is 12.7. The van der Waals surface area contributed by atoms with Crippen molar-refractivity contribution < 1.29 is 9.53 Å². The molecule has 170 valence electrons. The van der Waals surface area contributed by atoms with Crippen molar-refractivity contribution in [2.45, 2.75) is 59.4 Å². The van der Waals surface area contributed by atoms with E-state index in [9.17, 15) is 4.79 Å². The Balaban J connectivity index is 2.00. The van der Waals surface area contributed by atoms with Gasteiger partial charge in [-0.1, -0.05) is 83.0 Å². The topological polar surface area (TPSA) is 50.4 Å². The first-order valence-corrected chi connectivity index (χ1v) is 11.8. The first-order chi connectivity index (χ1) is 15.0. The standard InChI is InChI=1S/C27H40N2O2/c1-5-10-22(4)20-31-25-15-13-24(14-16-25)26(19-28-18-21(3)6-2)29-27(30)17-23-11-8-7-9-12-23/h7-9,11-16,21-22,26,28H,5-6,10,17-20H2,1-4H3,(H,29,30)/t21?,22?,26-/m0/s1. The number of hydrogen-bond donors (Lipinski definition) is 2. The van der Waals surface area contributed by atoms with E-state index in [0.29, 0.717) is 24.8 Å². The first-order valence-electron chi connectivity index (χ1n) is 11.8. The van der Waals surface area contributed by atoms with Gasteiger partial charge in [0.25, 0.3) is 0 Å². The molecule has 0 heterocycles. The molecule has 2 aromatic rings. The molecule has 2 rings (SSSR count). The molecule has 0 fully saturated rings. The van der Waals surface area contributed by atoms with Gasteiger partial charge < -0.3 is 15.4 Å². The summed E-state index contributed by atoms with van der Waals surface area (Å²) in [5.74, 6) is 2.09. The van der Waals surface area contributed by atoms with Gasteiger partial charge in [-0.25, -0.2) is 0 Å². The molecular weight excluding hydrogens is 384 g/mol. The Morgan fingerprint density at radius 2 is 1.65 bits per heavy atom. The minimum atomic E-state index is -0.0756. The van der Waals surface area contributed by atoms with Gasteiger partial charge in [-0.3, -0.25) is 4.79 Å². The van der Waals surface area contributed by atoms with Crippen molar-refractivity contribution in [3.8, 4) is 5.75 Å². The average Bonchev–Trinajstić information content (AvgIpc) is 2.78. The average molecular weight is 425 g/mol. The molecule has 0 radical (unpaired) electrons. The molecule has 2 N–H and O–H groups in total. The van der Waals surface area contributed by atoms with Crippen LogP contribution in [0.15, 0.2) is 54.6 Å². The van der Waals surface area contributed by atoms with Crippen molar-refractivity contribution in [2.75, 3.05) is 19.7 Å². The van der Waals surface area contributed by atoms with Gasteiger partial charge in [0.15, 0.2) is 0 Å². The van der Waals surface area contributed by atoms with Crippen LogP contribution < -0.4 is 15.4 Å². The highest BCUT2D eigenvalue weighted by Crippen LogP contribution is 2.19. The zero-order valence-corrected chi connectivity index (χ0v) is 19.7. The van der Waals surface area contributed by atoms with Gasteiger partial charge in [0, 0.05) is 6.54 Å². The third-order valence-electron chi connectivity index (χ3n) is 5.68. The monoisotopic (exact) mass is 424 g/mol. The van der Waals surface area contributed by atoms with Crippen LogP contribution >= 0.6 is 0 Å². The van der Waals surface area contributed by atoms with Gasteiger partial charge in [0.05, 0.1) is 19.1 Å². The van der Waals surface area contributed by atoms with E-state index in [0.717, 1.165) is 36.4 Å². The minimum absolute atomic E-state index is 0.0373. The van der Waals surface area contributed by atoms with Crippen LogP contribution in [0.1, 0.15) is 64.1 Å². The molecule has 0 aliphatic rings. The maximum Gasteiger partial charge on any atom is 0.224 e. The quantitative estimate of drug-likeness (QED) is 0.419. The highest BCUT2D eigenvalue weighted by atomic mass is 16.5. The number of carbonyl (C=O) groups is 1. The second-order valence-corrected chi connectivity index (χ2v) is 8.73. The molecule has 0 aliphatic heterocycles. The van der Waals surface area contributed by atoms with Crippen molar-refractivity contribution in [3.63, 3.8) is 0 Å². The Hall–Kier alpha value is -2.33. The van der Waals surface area contributed by atoms with Crippen LogP contribution in [-0.4, -0.2) is 25.6 Å². The van der Waals surface area contributed by atoms with Gasteiger partial charge in [0.1, 0.15) is 5.75 Å². The van der Waals surface area contributed by atoms with E-state index in [2.05, 4.69) is 50.5 Å². The summed E-state index contributed by atoms with van der Waals surface area (Å²) >= 11 is 0. The number of carbonyl (C=O) groups excluding carboxylic acids is 1. The highest BCUT2D eigenvalue weighted by Gasteiger charge is 2.16. The minimum Gasteiger partial charge on any atom is -0.493 e. The van der Waals surface area contributed by atoms with Gasteiger partial charge >= 0.3 is 0 Å². The van der Waals surface area contributed by atoms with Crippen LogP contribution in [0.25, 0.3) is 0 Å². The Morgan fingerprint density at radius 1 is 0.935 bits per heavy atom. The molecule has 0 aliphatic carbocycles. The number of benzene rings is 2. The Labute approximate surface area is 188 Å². The van der Waals surface area contributed by atoms with E-state index in [1.54, 1.807) is 0 Å². The molecule has 0 spiro atoms. The Bertz CT molecular complexity index is 746. The lowest BCUT2D eigenvalue weighted by molar-refractivity contribution is -0.121. The summed E-state index contributed by atoms with van der Waals surface area (Å²) in [5.41, 5.74) is 2.11. The molecular formula is C27H40N2O2. The van der Waals surface area contributed by atoms with Crippen LogP contribution in [-0.2, 0) is 11.2 Å². The predicted molar refractivity (Wildman–Crippen MR) is 129 cm³/mol. The summed E-state index contributed by atoms with van der Waals surface area (Å²) in [6.45, 7) is 11.2. The Kier molecular flexibility index (Phi) is 11.2. The van der Waals surface area contributed by atoms with Gasteiger partial charge in [0.2, 0.25) is 5.91 Å². The molecule has 3 atom stereocenters. The van der Waals surface area contributed by atoms with Crippen LogP contribution in [0.4, 0.5) is 0 Å². The fraction of sp³-hybridized carbons (Fsp3) is 0.519. The van der Waals surface area contributed by atoms with Crippen molar-refractivity contribution in [2.24, 2.45) is 11.8 Å². The molecule has 0 aromatic heterocycles. The van der Waals surface area contributed by atoms with Gasteiger partial charge in [-0.05, 0) is 48.1 Å². The van der Waals surface area contributed by atoms with E-state index in [1.165, 1.54) is 12.8 Å². The maximum atomic E-state index is 12.7. The SMILES string of the molecule is CCCC(C)COc1ccc([C@H](CNCC(C)CC)NC(=O)Cc2ccccc2)cc1. The normalized spacial score (nSPS) is 13.9. The molecule has 2 unspecified atom stereocenters. The fourth-order valence-electron chi connectivity index (χ4n) is 3.51. The van der Waals surface area contributed by atoms with E-state index in [4.69, 9.17) is 4.74 Å². The van der Waals surface area contributed by atoms with Crippen LogP contribution in [0, 0.1) is 11.8 Å². The smallest absolute Gasteiger partial charge is 0.224 e. The number of hydrogen-bond acceptors (Lipinski definition) is 3. The maximum absolute atomic E-state index is 12.7. The second-order valence-electron chi connectivity index (χ2n) is 8.73. The summed E-state index contributed by atoms with van der Waals surface area (Å²) in [6, 6.07) is 18.0. The van der Waals surface area contributed by atoms with Crippen LogP contribution in [0.3, 0.4) is 0 Å². The molecule has 0 saturated carbocycles. The number of rotatable bonds is 14. The zero-order chi connectivity index (χ0) is 22.5. The van der Waals surface area contributed by atoms with Crippen molar-refractivity contribution >= 4 is 5.91 Å². The molecule has 1 amide bonds. The van der Waals surface area contributed by atoms with E-state index in [1.807, 2.05) is 42.5 Å². The molecule has 4 heteroatoms. The van der Waals surface area contributed by atoms with E-state index < -0.39 is 0 Å². The highest BCUT2D eigenvalue weighted by molar-refractivity contribution is 5.79. The van der Waals surface area contributed by atoms with Crippen molar-refractivity contribution in [1.82, 2.24) is 10.6 Å². The van der Waals surface area contributed by atoms with Gasteiger partial charge in [-0.2, -0.15) is 0 Å².